The fourth-order valence-corrected chi connectivity index (χ4v) is 2.63. The Bertz CT molecular complexity index is 889. The van der Waals surface area contributed by atoms with Gasteiger partial charge in [-0.05, 0) is 29.0 Å². The number of rotatable bonds is 4. The van der Waals surface area contributed by atoms with Crippen LogP contribution in [0.4, 0.5) is 0 Å². The van der Waals surface area contributed by atoms with Crippen LogP contribution >= 0.6 is 0 Å². The predicted molar refractivity (Wildman–Crippen MR) is 76.9 cm³/mol. The minimum Gasteiger partial charge on any atom is -0.361 e. The third kappa shape index (κ3) is 2.03. The van der Waals surface area contributed by atoms with Crippen molar-refractivity contribution in [2.24, 2.45) is 0 Å². The standard InChI is InChI=1S/C13H13N9/c1-8-15-20-21-22(8)12(13-16-18-19-17-13)6-9-7-14-11-5-3-2-4-10(9)11/h2-5,7,12,14H,6H2,1H3,(H,16,17,18,19). The molecule has 9 heteroatoms. The van der Waals surface area contributed by atoms with E-state index in [-0.39, 0.29) is 6.04 Å². The Kier molecular flexibility index (Phi) is 2.88. The molecule has 0 fully saturated rings. The van der Waals surface area contributed by atoms with Crippen LogP contribution < -0.4 is 0 Å². The summed E-state index contributed by atoms with van der Waals surface area (Å²) in [5.41, 5.74) is 2.25. The van der Waals surface area contributed by atoms with Crippen molar-refractivity contribution >= 4 is 10.9 Å². The van der Waals surface area contributed by atoms with Crippen LogP contribution in [-0.4, -0.2) is 45.8 Å². The van der Waals surface area contributed by atoms with E-state index in [0.29, 0.717) is 18.1 Å². The third-order valence-electron chi connectivity index (χ3n) is 3.70. The molecule has 3 heterocycles. The second kappa shape index (κ2) is 5.02. The number of fused-ring (bicyclic) bond motifs is 1. The number of aromatic nitrogens is 9. The molecule has 0 amide bonds. The molecule has 4 aromatic rings. The fraction of sp³-hybridized carbons (Fsp3) is 0.231. The number of H-pyrrole nitrogens is 2. The lowest BCUT2D eigenvalue weighted by Crippen LogP contribution is -2.18. The summed E-state index contributed by atoms with van der Waals surface area (Å²) in [5, 5.41) is 27.2. The summed E-state index contributed by atoms with van der Waals surface area (Å²) in [6, 6.07) is 7.94. The summed E-state index contributed by atoms with van der Waals surface area (Å²) in [6.07, 6.45) is 2.66. The Morgan fingerprint density at radius 1 is 1.23 bits per heavy atom. The molecule has 0 bridgehead atoms. The maximum atomic E-state index is 4.10. The number of nitrogens with zero attached hydrogens (tertiary/aromatic N) is 7. The van der Waals surface area contributed by atoms with E-state index < -0.39 is 0 Å². The summed E-state index contributed by atoms with van der Waals surface area (Å²) in [7, 11) is 0. The smallest absolute Gasteiger partial charge is 0.199 e. The molecular weight excluding hydrogens is 282 g/mol. The number of nitrogens with one attached hydrogen (secondary N) is 2. The predicted octanol–water partition coefficient (Wildman–Crippen LogP) is 0.808. The number of tetrazole rings is 2. The maximum absolute atomic E-state index is 4.10. The highest BCUT2D eigenvalue weighted by Crippen LogP contribution is 2.25. The Morgan fingerprint density at radius 2 is 2.14 bits per heavy atom. The number of para-hydroxylation sites is 1. The van der Waals surface area contributed by atoms with Crippen molar-refractivity contribution in [1.82, 2.24) is 45.8 Å². The van der Waals surface area contributed by atoms with Crippen molar-refractivity contribution < 1.29 is 0 Å². The van der Waals surface area contributed by atoms with Crippen LogP contribution in [0.15, 0.2) is 30.5 Å². The van der Waals surface area contributed by atoms with Crippen molar-refractivity contribution in [3.05, 3.63) is 47.7 Å². The van der Waals surface area contributed by atoms with Gasteiger partial charge in [0, 0.05) is 23.5 Å². The van der Waals surface area contributed by atoms with Crippen LogP contribution in [0.3, 0.4) is 0 Å². The molecule has 110 valence electrons. The normalized spacial score (nSPS) is 12.8. The van der Waals surface area contributed by atoms with Gasteiger partial charge in [0.25, 0.3) is 0 Å². The third-order valence-corrected chi connectivity index (χ3v) is 3.70. The second-order valence-electron chi connectivity index (χ2n) is 5.02. The number of benzene rings is 1. The largest absolute Gasteiger partial charge is 0.361 e. The first-order valence-electron chi connectivity index (χ1n) is 6.86. The van der Waals surface area contributed by atoms with Gasteiger partial charge >= 0.3 is 0 Å². The van der Waals surface area contributed by atoms with Crippen molar-refractivity contribution in [2.75, 3.05) is 0 Å². The lowest BCUT2D eigenvalue weighted by Gasteiger charge is -2.13. The molecule has 22 heavy (non-hydrogen) atoms. The van der Waals surface area contributed by atoms with Gasteiger partial charge in [-0.1, -0.05) is 23.4 Å². The Balaban J connectivity index is 1.77. The molecular formula is C13H13N9. The van der Waals surface area contributed by atoms with E-state index in [1.165, 1.54) is 5.39 Å². The Labute approximate surface area is 124 Å². The van der Waals surface area contributed by atoms with E-state index >= 15 is 0 Å². The number of hydrogen-bond acceptors (Lipinski definition) is 6. The topological polar surface area (TPSA) is 114 Å². The van der Waals surface area contributed by atoms with Gasteiger partial charge in [0.05, 0.1) is 0 Å². The van der Waals surface area contributed by atoms with E-state index in [0.717, 1.165) is 11.1 Å². The van der Waals surface area contributed by atoms with E-state index in [9.17, 15) is 0 Å². The van der Waals surface area contributed by atoms with Crippen LogP contribution in [0, 0.1) is 6.92 Å². The maximum Gasteiger partial charge on any atom is 0.199 e. The molecule has 2 N–H and O–H groups in total. The second-order valence-corrected chi connectivity index (χ2v) is 5.02. The van der Waals surface area contributed by atoms with Crippen LogP contribution in [0.2, 0.25) is 0 Å². The summed E-state index contributed by atoms with van der Waals surface area (Å²) in [5.74, 6) is 1.26. The van der Waals surface area contributed by atoms with Gasteiger partial charge in [0.2, 0.25) is 0 Å². The van der Waals surface area contributed by atoms with Crippen molar-refractivity contribution in [3.8, 4) is 0 Å². The Hall–Kier alpha value is -3.10. The summed E-state index contributed by atoms with van der Waals surface area (Å²) < 4.78 is 1.71. The van der Waals surface area contributed by atoms with Gasteiger partial charge in [-0.3, -0.25) is 0 Å². The quantitative estimate of drug-likeness (QED) is 0.576. The van der Waals surface area contributed by atoms with Gasteiger partial charge in [0.15, 0.2) is 5.82 Å². The van der Waals surface area contributed by atoms with Gasteiger partial charge in [0.1, 0.15) is 11.9 Å². The molecule has 1 unspecified atom stereocenters. The van der Waals surface area contributed by atoms with Gasteiger partial charge in [-0.25, -0.2) is 4.68 Å². The first-order chi connectivity index (χ1) is 10.8. The number of aryl methyl sites for hydroxylation is 1. The Morgan fingerprint density at radius 3 is 2.91 bits per heavy atom. The zero-order valence-electron chi connectivity index (χ0n) is 11.8. The zero-order chi connectivity index (χ0) is 14.9. The van der Waals surface area contributed by atoms with Crippen LogP contribution in [0.1, 0.15) is 23.3 Å². The highest BCUT2D eigenvalue weighted by atomic mass is 15.6. The molecule has 0 saturated carbocycles. The number of hydrogen-bond donors (Lipinski definition) is 2. The number of aromatic amines is 2. The van der Waals surface area contributed by atoms with Crippen LogP contribution in [0.5, 0.6) is 0 Å². The van der Waals surface area contributed by atoms with Gasteiger partial charge < -0.3 is 4.98 Å². The molecule has 4 rings (SSSR count). The lowest BCUT2D eigenvalue weighted by atomic mass is 10.0. The first-order valence-corrected chi connectivity index (χ1v) is 6.86. The summed E-state index contributed by atoms with van der Waals surface area (Å²) in [6.45, 7) is 1.85. The monoisotopic (exact) mass is 295 g/mol. The van der Waals surface area contributed by atoms with Crippen molar-refractivity contribution in [1.29, 1.82) is 0 Å². The van der Waals surface area contributed by atoms with Crippen LogP contribution in [-0.2, 0) is 6.42 Å². The summed E-state index contributed by atoms with van der Waals surface area (Å²) >= 11 is 0. The molecule has 1 atom stereocenters. The van der Waals surface area contributed by atoms with Crippen molar-refractivity contribution in [3.63, 3.8) is 0 Å². The van der Waals surface area contributed by atoms with Gasteiger partial charge in [-0.2, -0.15) is 5.21 Å². The molecule has 0 saturated heterocycles. The minimum atomic E-state index is -0.215. The molecule has 0 radical (unpaired) electrons. The molecule has 1 aromatic carbocycles. The molecule has 0 aliphatic heterocycles. The van der Waals surface area contributed by atoms with E-state index in [1.54, 1.807) is 4.68 Å². The fourth-order valence-electron chi connectivity index (χ4n) is 2.63. The van der Waals surface area contributed by atoms with E-state index in [4.69, 9.17) is 0 Å². The molecule has 0 aliphatic rings. The zero-order valence-corrected chi connectivity index (χ0v) is 11.8. The molecule has 9 nitrogen and oxygen atoms in total. The highest BCUT2D eigenvalue weighted by molar-refractivity contribution is 5.83. The lowest BCUT2D eigenvalue weighted by molar-refractivity contribution is 0.472. The molecule has 3 aromatic heterocycles. The minimum absolute atomic E-state index is 0.215. The SMILES string of the molecule is Cc1nnnn1C(Cc1c[nH]c2ccccc12)c1nn[nH]n1. The van der Waals surface area contributed by atoms with E-state index in [2.05, 4.69) is 47.2 Å². The van der Waals surface area contributed by atoms with Crippen molar-refractivity contribution in [2.45, 2.75) is 19.4 Å². The highest BCUT2D eigenvalue weighted by Gasteiger charge is 2.23. The molecule has 0 aliphatic carbocycles. The average Bonchev–Trinajstić information content (AvgIpc) is 3.26. The molecule has 0 spiro atoms. The first kappa shape index (κ1) is 12.6. The van der Waals surface area contributed by atoms with Crippen LogP contribution in [0.25, 0.3) is 10.9 Å². The van der Waals surface area contributed by atoms with Gasteiger partial charge in [-0.15, -0.1) is 15.3 Å². The average molecular weight is 295 g/mol. The summed E-state index contributed by atoms with van der Waals surface area (Å²) in [4.78, 5) is 3.27. The van der Waals surface area contributed by atoms with E-state index in [1.807, 2.05) is 31.3 Å².